The van der Waals surface area contributed by atoms with E-state index in [9.17, 15) is 14.0 Å². The summed E-state index contributed by atoms with van der Waals surface area (Å²) < 4.78 is 24.5. The van der Waals surface area contributed by atoms with Crippen molar-refractivity contribution < 1.29 is 23.5 Å². The predicted molar refractivity (Wildman–Crippen MR) is 149 cm³/mol. The molecule has 0 saturated heterocycles. The Hall–Kier alpha value is -4.37. The van der Waals surface area contributed by atoms with Gasteiger partial charge < -0.3 is 19.7 Å². The van der Waals surface area contributed by atoms with Crippen LogP contribution >= 0.6 is 11.8 Å². The molecule has 3 aromatic carbocycles. The van der Waals surface area contributed by atoms with Crippen LogP contribution in [0.4, 0.5) is 10.1 Å². The number of esters is 1. The third kappa shape index (κ3) is 5.88. The van der Waals surface area contributed by atoms with Gasteiger partial charge in [0.2, 0.25) is 5.91 Å². The van der Waals surface area contributed by atoms with Crippen molar-refractivity contribution >= 4 is 34.5 Å². The number of benzene rings is 3. The summed E-state index contributed by atoms with van der Waals surface area (Å²) in [7, 11) is 1.34. The van der Waals surface area contributed by atoms with Gasteiger partial charge in [-0.05, 0) is 59.9 Å². The van der Waals surface area contributed by atoms with Crippen molar-refractivity contribution in [1.82, 2.24) is 4.90 Å². The standard InChI is InChI=1S/C30H26FN3O4S/c1-19-27(29(36)37-2)28(21-9-6-10-25(15-21)38-17-20-7-4-3-5-8-20)34-24(18-39-30(34)32-19)16-26(35)33-23-13-11-22(31)12-14-23/h3-15,18,28H,16-17H2,1-2H3,(H,33,35). The van der Waals surface area contributed by atoms with Gasteiger partial charge in [-0.15, -0.1) is 0 Å². The predicted octanol–water partition coefficient (Wildman–Crippen LogP) is 6.18. The number of nitrogens with one attached hydrogen (secondary N) is 1. The van der Waals surface area contributed by atoms with Crippen LogP contribution in [0, 0.1) is 5.82 Å². The molecular weight excluding hydrogens is 517 g/mol. The van der Waals surface area contributed by atoms with Crippen LogP contribution in [0.25, 0.3) is 0 Å². The summed E-state index contributed by atoms with van der Waals surface area (Å²) in [5, 5.41) is 5.31. The topological polar surface area (TPSA) is 80.2 Å². The molecule has 0 fully saturated rings. The van der Waals surface area contributed by atoms with Crippen molar-refractivity contribution in [3.8, 4) is 5.75 Å². The number of carbonyl (C=O) groups is 2. The fourth-order valence-electron chi connectivity index (χ4n) is 4.47. The fraction of sp³-hybridized carbons (Fsp3) is 0.167. The zero-order valence-corrected chi connectivity index (χ0v) is 22.2. The molecule has 2 aliphatic heterocycles. The summed E-state index contributed by atoms with van der Waals surface area (Å²) in [6.07, 6.45) is 0.0254. The van der Waals surface area contributed by atoms with Crippen LogP contribution in [0.15, 0.2) is 106 Å². The number of anilines is 1. The van der Waals surface area contributed by atoms with Gasteiger partial charge in [-0.3, -0.25) is 4.79 Å². The maximum atomic E-state index is 13.3. The van der Waals surface area contributed by atoms with Crippen LogP contribution in [0.5, 0.6) is 5.75 Å². The Kier molecular flexibility index (Phi) is 7.79. The van der Waals surface area contributed by atoms with E-state index >= 15 is 0 Å². The molecule has 1 atom stereocenters. The average molecular weight is 544 g/mol. The van der Waals surface area contributed by atoms with Crippen molar-refractivity contribution in [3.63, 3.8) is 0 Å². The zero-order valence-electron chi connectivity index (χ0n) is 21.4. The average Bonchev–Trinajstić information content (AvgIpc) is 3.34. The molecule has 5 rings (SSSR count). The number of ether oxygens (including phenoxy) is 2. The SMILES string of the molecule is COC(=O)C1=C(C)N=C2SC=C(CC(=O)Nc3ccc(F)cc3)N2C1c1cccc(OCc2ccccc2)c1. The Morgan fingerprint density at radius 2 is 1.82 bits per heavy atom. The first-order chi connectivity index (χ1) is 18.9. The number of amides is 1. The summed E-state index contributed by atoms with van der Waals surface area (Å²) in [5.74, 6) is -0.511. The number of thioether (sulfide) groups is 1. The lowest BCUT2D eigenvalue weighted by atomic mass is 9.93. The molecule has 39 heavy (non-hydrogen) atoms. The summed E-state index contributed by atoms with van der Waals surface area (Å²) >= 11 is 1.39. The Balaban J connectivity index is 1.43. The molecule has 7 nitrogen and oxygen atoms in total. The van der Waals surface area contributed by atoms with Gasteiger partial charge in [0.05, 0.1) is 30.8 Å². The Bertz CT molecular complexity index is 1490. The van der Waals surface area contributed by atoms with Gasteiger partial charge in [0.25, 0.3) is 0 Å². The quantitative estimate of drug-likeness (QED) is 0.342. The van der Waals surface area contributed by atoms with E-state index in [1.165, 1.54) is 43.1 Å². The minimum absolute atomic E-state index is 0.0254. The molecule has 1 amide bonds. The van der Waals surface area contributed by atoms with Crippen LogP contribution in [0.2, 0.25) is 0 Å². The lowest BCUT2D eigenvalue weighted by Crippen LogP contribution is -2.37. The normalized spacial score (nSPS) is 16.3. The Morgan fingerprint density at radius 1 is 1.05 bits per heavy atom. The summed E-state index contributed by atoms with van der Waals surface area (Å²) in [6.45, 7) is 2.17. The monoisotopic (exact) mass is 543 g/mol. The van der Waals surface area contributed by atoms with E-state index in [0.717, 1.165) is 11.1 Å². The number of nitrogens with zero attached hydrogens (tertiary/aromatic N) is 2. The first kappa shape index (κ1) is 26.2. The largest absolute Gasteiger partial charge is 0.489 e. The molecular formula is C30H26FN3O4S. The minimum atomic E-state index is -0.579. The van der Waals surface area contributed by atoms with Gasteiger partial charge in [0, 0.05) is 11.4 Å². The second-order valence-electron chi connectivity index (χ2n) is 8.96. The third-order valence-electron chi connectivity index (χ3n) is 6.30. The molecule has 2 aliphatic rings. The van der Waals surface area contributed by atoms with Crippen LogP contribution in [0.3, 0.4) is 0 Å². The van der Waals surface area contributed by atoms with E-state index in [1.54, 1.807) is 6.92 Å². The highest BCUT2D eigenvalue weighted by atomic mass is 32.2. The zero-order chi connectivity index (χ0) is 27.4. The summed E-state index contributed by atoms with van der Waals surface area (Å²) in [6, 6.07) is 22.4. The number of hydrogen-bond donors (Lipinski definition) is 1. The molecule has 0 spiro atoms. The van der Waals surface area contributed by atoms with Gasteiger partial charge >= 0.3 is 5.97 Å². The third-order valence-corrected chi connectivity index (χ3v) is 7.19. The number of rotatable bonds is 8. The highest BCUT2D eigenvalue weighted by Gasteiger charge is 2.41. The van der Waals surface area contributed by atoms with Crippen molar-refractivity contribution in [2.24, 2.45) is 4.99 Å². The van der Waals surface area contributed by atoms with Gasteiger partial charge in [0.1, 0.15) is 18.2 Å². The van der Waals surface area contributed by atoms with Crippen LogP contribution in [-0.4, -0.2) is 29.1 Å². The molecule has 9 heteroatoms. The van der Waals surface area contributed by atoms with E-state index in [2.05, 4.69) is 10.3 Å². The lowest BCUT2D eigenvalue weighted by Gasteiger charge is -2.36. The lowest BCUT2D eigenvalue weighted by molar-refractivity contribution is -0.136. The van der Waals surface area contributed by atoms with Crippen molar-refractivity contribution in [1.29, 1.82) is 0 Å². The molecule has 0 aliphatic carbocycles. The van der Waals surface area contributed by atoms with E-state index in [1.807, 2.05) is 64.9 Å². The van der Waals surface area contributed by atoms with Gasteiger partial charge in [-0.1, -0.05) is 54.2 Å². The number of fused-ring (bicyclic) bond motifs is 1. The van der Waals surface area contributed by atoms with Gasteiger partial charge in [-0.2, -0.15) is 0 Å². The second-order valence-corrected chi connectivity index (χ2v) is 9.80. The van der Waals surface area contributed by atoms with Crippen molar-refractivity contribution in [2.45, 2.75) is 26.0 Å². The number of halogens is 1. The molecule has 1 unspecified atom stereocenters. The van der Waals surface area contributed by atoms with Crippen molar-refractivity contribution in [3.05, 3.63) is 118 Å². The minimum Gasteiger partial charge on any atom is -0.489 e. The van der Waals surface area contributed by atoms with Crippen LogP contribution < -0.4 is 10.1 Å². The maximum Gasteiger partial charge on any atom is 0.338 e. The van der Waals surface area contributed by atoms with Gasteiger partial charge in [0.15, 0.2) is 5.17 Å². The molecule has 0 aromatic heterocycles. The molecule has 198 valence electrons. The Morgan fingerprint density at radius 3 is 2.56 bits per heavy atom. The second kappa shape index (κ2) is 11.6. The molecule has 0 radical (unpaired) electrons. The highest BCUT2D eigenvalue weighted by Crippen LogP contribution is 2.45. The maximum absolute atomic E-state index is 13.3. The van der Waals surface area contributed by atoms with E-state index in [0.29, 0.717) is 40.2 Å². The van der Waals surface area contributed by atoms with E-state index < -0.39 is 12.0 Å². The summed E-state index contributed by atoms with van der Waals surface area (Å²) in [4.78, 5) is 32.5. The first-order valence-corrected chi connectivity index (χ1v) is 13.2. The van der Waals surface area contributed by atoms with Crippen molar-refractivity contribution in [2.75, 3.05) is 12.4 Å². The van der Waals surface area contributed by atoms with E-state index in [-0.39, 0.29) is 18.1 Å². The molecule has 0 saturated carbocycles. The molecule has 0 bridgehead atoms. The first-order valence-electron chi connectivity index (χ1n) is 12.3. The molecule has 3 aromatic rings. The highest BCUT2D eigenvalue weighted by molar-refractivity contribution is 8.16. The number of methoxy groups -OCH3 is 1. The summed E-state index contributed by atoms with van der Waals surface area (Å²) in [5.41, 5.74) is 3.92. The van der Waals surface area contributed by atoms with Crippen LogP contribution in [0.1, 0.15) is 30.5 Å². The molecule has 1 N–H and O–H groups in total. The van der Waals surface area contributed by atoms with Crippen LogP contribution in [-0.2, 0) is 20.9 Å². The number of amidine groups is 1. The Labute approximate surface area is 230 Å². The number of aliphatic imine (C=N–C) groups is 1. The molecule has 2 heterocycles. The number of carbonyl (C=O) groups excluding carboxylic acids is 2. The fourth-order valence-corrected chi connectivity index (χ4v) is 5.44. The smallest absolute Gasteiger partial charge is 0.338 e. The number of hydrogen-bond acceptors (Lipinski definition) is 7. The number of allylic oxidation sites excluding steroid dienone is 1. The van der Waals surface area contributed by atoms with Gasteiger partial charge in [-0.25, -0.2) is 14.2 Å². The van der Waals surface area contributed by atoms with E-state index in [4.69, 9.17) is 9.47 Å².